The van der Waals surface area contributed by atoms with Crippen LogP contribution in [0.25, 0.3) is 11.0 Å². The van der Waals surface area contributed by atoms with Gasteiger partial charge >= 0.3 is 12.3 Å². The van der Waals surface area contributed by atoms with Crippen LogP contribution in [0.4, 0.5) is 18.0 Å². The van der Waals surface area contributed by atoms with Gasteiger partial charge in [0, 0.05) is 25.2 Å². The van der Waals surface area contributed by atoms with Gasteiger partial charge in [-0.2, -0.15) is 13.2 Å². The molecular formula is C19H24F3N5O3. The molecule has 0 radical (unpaired) electrons. The van der Waals surface area contributed by atoms with Crippen molar-refractivity contribution in [2.45, 2.75) is 57.5 Å². The number of amides is 2. The van der Waals surface area contributed by atoms with E-state index in [9.17, 15) is 22.8 Å². The summed E-state index contributed by atoms with van der Waals surface area (Å²) in [6.07, 6.45) is -5.55. The largest absolute Gasteiger partial charge is 0.444 e. The van der Waals surface area contributed by atoms with Gasteiger partial charge in [-0.1, -0.05) is 5.21 Å². The molecule has 2 heterocycles. The molecule has 1 aliphatic rings. The Morgan fingerprint density at radius 2 is 1.90 bits per heavy atom. The molecule has 0 spiro atoms. The van der Waals surface area contributed by atoms with Gasteiger partial charge in [-0.25, -0.2) is 9.48 Å². The number of aromatic nitrogens is 3. The zero-order chi connectivity index (χ0) is 22.3. The van der Waals surface area contributed by atoms with Gasteiger partial charge in [-0.05, 0) is 51.8 Å². The second kappa shape index (κ2) is 7.77. The lowest BCUT2D eigenvalue weighted by Gasteiger charge is -2.40. The first-order valence-electron chi connectivity index (χ1n) is 9.52. The lowest BCUT2D eigenvalue weighted by atomic mass is 9.96. The maximum atomic E-state index is 13.6. The van der Waals surface area contributed by atoms with Crippen molar-refractivity contribution in [1.29, 1.82) is 0 Å². The number of benzene rings is 1. The van der Waals surface area contributed by atoms with Crippen LogP contribution >= 0.6 is 0 Å². The Kier molecular flexibility index (Phi) is 5.66. The van der Waals surface area contributed by atoms with Crippen LogP contribution in [0.15, 0.2) is 18.2 Å². The number of ether oxygens (including phenoxy) is 1. The van der Waals surface area contributed by atoms with Crippen LogP contribution in [0.1, 0.15) is 44.0 Å². The highest BCUT2D eigenvalue weighted by Gasteiger charge is 2.48. The van der Waals surface area contributed by atoms with E-state index in [1.807, 2.05) is 0 Å². The molecule has 8 nitrogen and oxygen atoms in total. The smallest absolute Gasteiger partial charge is 0.408 e. The lowest BCUT2D eigenvalue weighted by Crippen LogP contribution is -2.58. The number of halogens is 3. The molecule has 0 saturated carbocycles. The predicted octanol–water partition coefficient (Wildman–Crippen LogP) is 3.03. The van der Waals surface area contributed by atoms with Crippen molar-refractivity contribution in [3.05, 3.63) is 23.8 Å². The number of fused-ring (bicyclic) bond motifs is 1. The third-order valence-corrected chi connectivity index (χ3v) is 4.80. The van der Waals surface area contributed by atoms with Crippen molar-refractivity contribution in [2.75, 3.05) is 6.54 Å². The Balaban J connectivity index is 1.82. The first-order chi connectivity index (χ1) is 13.8. The monoisotopic (exact) mass is 427 g/mol. The quantitative estimate of drug-likeness (QED) is 0.796. The molecule has 2 atom stereocenters. The number of hydrogen-bond acceptors (Lipinski definition) is 5. The van der Waals surface area contributed by atoms with Gasteiger partial charge in [0.2, 0.25) is 0 Å². The summed E-state index contributed by atoms with van der Waals surface area (Å²) in [5.74, 6) is -0.777. The van der Waals surface area contributed by atoms with Crippen LogP contribution < -0.4 is 5.32 Å². The van der Waals surface area contributed by atoms with Gasteiger partial charge in [0.25, 0.3) is 5.91 Å². The van der Waals surface area contributed by atoms with Crippen LogP contribution in [0.5, 0.6) is 0 Å². The third-order valence-electron chi connectivity index (χ3n) is 4.80. The number of alkyl halides is 3. The maximum Gasteiger partial charge on any atom is 0.408 e. The molecule has 11 heteroatoms. The van der Waals surface area contributed by atoms with Crippen molar-refractivity contribution in [2.24, 2.45) is 7.05 Å². The van der Waals surface area contributed by atoms with E-state index >= 15 is 0 Å². The van der Waals surface area contributed by atoms with Crippen LogP contribution in [-0.2, 0) is 11.8 Å². The predicted molar refractivity (Wildman–Crippen MR) is 102 cm³/mol. The molecule has 30 heavy (non-hydrogen) atoms. The molecule has 2 aromatic rings. The molecule has 0 bridgehead atoms. The topological polar surface area (TPSA) is 89.4 Å². The standard InChI is InChI=1S/C19H24F3N5O3/c1-18(2,3)30-17(29)23-12-6-8-15(19(20,21)22)27(10-12)16(28)11-5-7-14-13(9-11)24-25-26(14)4/h5,7,9,12,15H,6,8,10H2,1-4H3,(H,23,29)/t12-,15-/m0/s1. The van der Waals surface area contributed by atoms with Gasteiger partial charge in [0.15, 0.2) is 0 Å². The Bertz CT molecular complexity index is 951. The average molecular weight is 427 g/mol. The molecule has 2 amide bonds. The Morgan fingerprint density at radius 1 is 1.20 bits per heavy atom. The summed E-state index contributed by atoms with van der Waals surface area (Å²) in [6.45, 7) is 4.78. The number of carbonyl (C=O) groups excluding carboxylic acids is 2. The van der Waals surface area contributed by atoms with Crippen molar-refractivity contribution in [3.8, 4) is 0 Å². The van der Waals surface area contributed by atoms with Crippen LogP contribution in [0, 0.1) is 0 Å². The van der Waals surface area contributed by atoms with Gasteiger partial charge in [0.05, 0.1) is 5.52 Å². The summed E-state index contributed by atoms with van der Waals surface area (Å²) in [5, 5.41) is 10.3. The number of alkyl carbamates (subject to hydrolysis) is 1. The van der Waals surface area contributed by atoms with E-state index in [1.165, 1.54) is 16.8 Å². The van der Waals surface area contributed by atoms with Gasteiger partial charge in [-0.15, -0.1) is 5.10 Å². The number of rotatable bonds is 2. The molecule has 164 valence electrons. The molecule has 3 rings (SSSR count). The fraction of sp³-hybridized carbons (Fsp3) is 0.579. The number of carbonyl (C=O) groups is 2. The second-order valence-electron chi connectivity index (χ2n) is 8.35. The fourth-order valence-electron chi connectivity index (χ4n) is 3.47. The molecular weight excluding hydrogens is 403 g/mol. The minimum Gasteiger partial charge on any atom is -0.444 e. The zero-order valence-electron chi connectivity index (χ0n) is 17.2. The van der Waals surface area contributed by atoms with E-state index in [2.05, 4.69) is 15.6 Å². The van der Waals surface area contributed by atoms with E-state index < -0.39 is 35.9 Å². The summed E-state index contributed by atoms with van der Waals surface area (Å²) in [5.41, 5.74) is 0.402. The van der Waals surface area contributed by atoms with Crippen molar-refractivity contribution in [3.63, 3.8) is 0 Å². The highest BCUT2D eigenvalue weighted by atomic mass is 19.4. The van der Waals surface area contributed by atoms with Crippen LogP contribution in [-0.4, -0.2) is 62.3 Å². The van der Waals surface area contributed by atoms with E-state index in [4.69, 9.17) is 4.74 Å². The SMILES string of the molecule is Cn1nnc2cc(C(=O)N3C[C@@H](NC(=O)OC(C)(C)C)CC[C@H]3C(F)(F)F)ccc21. The number of aryl methyl sites for hydroxylation is 1. The molecule has 1 aliphatic heterocycles. The number of hydrogen-bond donors (Lipinski definition) is 1. The average Bonchev–Trinajstić information content (AvgIpc) is 2.99. The summed E-state index contributed by atoms with van der Waals surface area (Å²) in [4.78, 5) is 25.8. The normalized spacial score (nSPS) is 20.3. The summed E-state index contributed by atoms with van der Waals surface area (Å²) < 4.78 is 47.5. The molecule has 1 fully saturated rings. The second-order valence-corrected chi connectivity index (χ2v) is 8.35. The molecule has 1 aromatic heterocycles. The van der Waals surface area contributed by atoms with Crippen molar-refractivity contribution < 1.29 is 27.5 Å². The maximum absolute atomic E-state index is 13.6. The highest BCUT2D eigenvalue weighted by molar-refractivity contribution is 5.97. The first kappa shape index (κ1) is 21.8. The van der Waals surface area contributed by atoms with E-state index in [-0.39, 0.29) is 24.9 Å². The zero-order valence-corrected chi connectivity index (χ0v) is 17.2. The first-order valence-corrected chi connectivity index (χ1v) is 9.52. The molecule has 1 saturated heterocycles. The summed E-state index contributed by atoms with van der Waals surface area (Å²) >= 11 is 0. The number of nitrogens with zero attached hydrogens (tertiary/aromatic N) is 4. The Morgan fingerprint density at radius 3 is 2.53 bits per heavy atom. The molecule has 0 aliphatic carbocycles. The highest BCUT2D eigenvalue weighted by Crippen LogP contribution is 2.33. The Hall–Kier alpha value is -2.85. The van der Waals surface area contributed by atoms with E-state index in [1.54, 1.807) is 33.9 Å². The minimum absolute atomic E-state index is 0.0789. The molecule has 1 N–H and O–H groups in total. The fourth-order valence-corrected chi connectivity index (χ4v) is 3.47. The summed E-state index contributed by atoms with van der Waals surface area (Å²) in [6, 6.07) is 1.88. The molecule has 0 unspecified atom stereocenters. The molecule has 1 aromatic carbocycles. The van der Waals surface area contributed by atoms with Gasteiger partial charge in [0.1, 0.15) is 17.2 Å². The van der Waals surface area contributed by atoms with E-state index in [0.717, 1.165) is 4.90 Å². The number of nitrogens with one attached hydrogen (secondary N) is 1. The number of likely N-dealkylation sites (tertiary alicyclic amines) is 1. The Labute approximate surface area is 171 Å². The number of piperidine rings is 1. The third kappa shape index (κ3) is 4.82. The van der Waals surface area contributed by atoms with Crippen molar-refractivity contribution in [1.82, 2.24) is 25.2 Å². The minimum atomic E-state index is -4.58. The summed E-state index contributed by atoms with van der Waals surface area (Å²) in [7, 11) is 1.67. The lowest BCUT2D eigenvalue weighted by molar-refractivity contribution is -0.184. The van der Waals surface area contributed by atoms with E-state index in [0.29, 0.717) is 11.0 Å². The van der Waals surface area contributed by atoms with Gasteiger partial charge in [-0.3, -0.25) is 4.79 Å². The van der Waals surface area contributed by atoms with Crippen molar-refractivity contribution >= 4 is 23.0 Å². The van der Waals surface area contributed by atoms with Crippen LogP contribution in [0.2, 0.25) is 0 Å². The van der Waals surface area contributed by atoms with Crippen LogP contribution in [0.3, 0.4) is 0 Å². The van der Waals surface area contributed by atoms with Gasteiger partial charge < -0.3 is 15.0 Å².